The summed E-state index contributed by atoms with van der Waals surface area (Å²) in [4.78, 5) is 0. The van der Waals surface area contributed by atoms with Crippen LogP contribution >= 0.6 is 0 Å². The molecule has 0 unspecified atom stereocenters. The van der Waals surface area contributed by atoms with Crippen LogP contribution in [0.2, 0.25) is 0 Å². The van der Waals surface area contributed by atoms with Crippen LogP contribution in [0.4, 0.5) is 0 Å². The third-order valence-corrected chi connectivity index (χ3v) is 3.55. The summed E-state index contributed by atoms with van der Waals surface area (Å²) >= 11 is 0. The van der Waals surface area contributed by atoms with Gasteiger partial charge < -0.3 is 10.1 Å². The van der Waals surface area contributed by atoms with E-state index < -0.39 is 0 Å². The number of benzene rings is 2. The first-order valence-corrected chi connectivity index (χ1v) is 7.25. The van der Waals surface area contributed by atoms with Crippen molar-refractivity contribution in [3.05, 3.63) is 65.2 Å². The van der Waals surface area contributed by atoms with Crippen LogP contribution in [0.5, 0.6) is 5.75 Å². The van der Waals surface area contributed by atoms with E-state index >= 15 is 0 Å². The Morgan fingerprint density at radius 3 is 2.50 bits per heavy atom. The predicted octanol–water partition coefficient (Wildman–Crippen LogP) is 3.01. The standard InChI is InChI=1S/C18H23NO/c1-14-9-10-18(15(2)13-14)20-12-11-19-16(3)17-7-5-4-6-8-17/h4-10,13,16,19H,11-12H2,1-3H3/p+1/t16-/m1/s1. The largest absolute Gasteiger partial charge is 0.487 e. The SMILES string of the molecule is Cc1ccc(OCC[NH2+][C@H](C)c2ccccc2)c(C)c1. The van der Waals surface area contributed by atoms with Crippen LogP contribution in [0.15, 0.2) is 48.5 Å². The molecule has 2 nitrogen and oxygen atoms in total. The van der Waals surface area contributed by atoms with Crippen molar-refractivity contribution in [2.75, 3.05) is 13.2 Å². The molecule has 1 atom stereocenters. The number of nitrogens with two attached hydrogens (primary N) is 1. The molecule has 0 heterocycles. The molecule has 2 heteroatoms. The second kappa shape index (κ2) is 7.11. The molecule has 0 aromatic heterocycles. The van der Waals surface area contributed by atoms with Gasteiger partial charge in [-0.15, -0.1) is 0 Å². The summed E-state index contributed by atoms with van der Waals surface area (Å²) in [6.07, 6.45) is 0. The molecule has 0 radical (unpaired) electrons. The van der Waals surface area contributed by atoms with E-state index in [4.69, 9.17) is 4.74 Å². The van der Waals surface area contributed by atoms with Crippen molar-refractivity contribution >= 4 is 0 Å². The van der Waals surface area contributed by atoms with Gasteiger partial charge in [0.2, 0.25) is 0 Å². The molecule has 20 heavy (non-hydrogen) atoms. The zero-order valence-corrected chi connectivity index (χ0v) is 12.6. The first-order chi connectivity index (χ1) is 9.66. The lowest BCUT2D eigenvalue weighted by atomic mass is 10.1. The lowest BCUT2D eigenvalue weighted by Crippen LogP contribution is -2.85. The van der Waals surface area contributed by atoms with Gasteiger partial charge in [0, 0.05) is 5.56 Å². The maximum absolute atomic E-state index is 5.85. The van der Waals surface area contributed by atoms with E-state index in [1.54, 1.807) is 0 Å². The third kappa shape index (κ3) is 4.10. The molecule has 0 fully saturated rings. The molecule has 0 aliphatic rings. The number of quaternary nitrogens is 1. The van der Waals surface area contributed by atoms with Crippen LogP contribution in [0.25, 0.3) is 0 Å². The van der Waals surface area contributed by atoms with Crippen molar-refractivity contribution in [1.82, 2.24) is 0 Å². The normalized spacial score (nSPS) is 12.2. The second-order valence-corrected chi connectivity index (χ2v) is 5.34. The Kier molecular flexibility index (Phi) is 5.19. The highest BCUT2D eigenvalue weighted by atomic mass is 16.5. The summed E-state index contributed by atoms with van der Waals surface area (Å²) in [5, 5.41) is 2.32. The fourth-order valence-electron chi connectivity index (χ4n) is 2.34. The van der Waals surface area contributed by atoms with Gasteiger partial charge in [-0.1, -0.05) is 48.0 Å². The van der Waals surface area contributed by atoms with Crippen molar-refractivity contribution in [1.29, 1.82) is 0 Å². The molecule has 0 bridgehead atoms. The molecular formula is C18H24NO+. The van der Waals surface area contributed by atoms with Gasteiger partial charge in [0.1, 0.15) is 24.9 Å². The molecule has 106 valence electrons. The smallest absolute Gasteiger partial charge is 0.137 e. The Hall–Kier alpha value is -1.80. The number of ether oxygens (including phenoxy) is 1. The fourth-order valence-corrected chi connectivity index (χ4v) is 2.34. The summed E-state index contributed by atoms with van der Waals surface area (Å²) in [5.41, 5.74) is 3.85. The molecule has 2 N–H and O–H groups in total. The minimum Gasteiger partial charge on any atom is -0.487 e. The molecule has 0 saturated carbocycles. The summed E-state index contributed by atoms with van der Waals surface area (Å²) in [6, 6.07) is 17.4. The molecular weight excluding hydrogens is 246 g/mol. The lowest BCUT2D eigenvalue weighted by molar-refractivity contribution is -0.693. The van der Waals surface area contributed by atoms with Crippen LogP contribution in [-0.4, -0.2) is 13.2 Å². The highest BCUT2D eigenvalue weighted by molar-refractivity contribution is 5.35. The van der Waals surface area contributed by atoms with E-state index in [-0.39, 0.29) is 0 Å². The van der Waals surface area contributed by atoms with Gasteiger partial charge in [-0.25, -0.2) is 0 Å². The number of rotatable bonds is 6. The van der Waals surface area contributed by atoms with E-state index in [2.05, 4.69) is 74.6 Å². The summed E-state index contributed by atoms with van der Waals surface area (Å²) < 4.78 is 5.85. The minimum absolute atomic E-state index is 0.471. The summed E-state index contributed by atoms with van der Waals surface area (Å²) in [7, 11) is 0. The summed E-state index contributed by atoms with van der Waals surface area (Å²) in [5.74, 6) is 0.997. The van der Waals surface area contributed by atoms with Crippen LogP contribution in [0, 0.1) is 13.8 Å². The third-order valence-electron chi connectivity index (χ3n) is 3.55. The minimum atomic E-state index is 0.471. The number of hydrogen-bond donors (Lipinski definition) is 1. The van der Waals surface area contributed by atoms with Gasteiger partial charge in [-0.2, -0.15) is 0 Å². The maximum atomic E-state index is 5.85. The number of hydrogen-bond acceptors (Lipinski definition) is 1. The Bertz CT molecular complexity index is 536. The Morgan fingerprint density at radius 1 is 1.05 bits per heavy atom. The van der Waals surface area contributed by atoms with Gasteiger partial charge in [-0.05, 0) is 32.4 Å². The molecule has 0 saturated heterocycles. The summed E-state index contributed by atoms with van der Waals surface area (Å²) in [6.45, 7) is 8.13. The quantitative estimate of drug-likeness (QED) is 0.802. The van der Waals surface area contributed by atoms with Crippen LogP contribution in [0.1, 0.15) is 29.7 Å². The monoisotopic (exact) mass is 270 g/mol. The van der Waals surface area contributed by atoms with Gasteiger partial charge in [0.25, 0.3) is 0 Å². The van der Waals surface area contributed by atoms with Gasteiger partial charge in [0.05, 0.1) is 0 Å². The highest BCUT2D eigenvalue weighted by Gasteiger charge is 2.07. The van der Waals surface area contributed by atoms with Crippen LogP contribution < -0.4 is 10.1 Å². The van der Waals surface area contributed by atoms with Crippen molar-refractivity contribution in [3.63, 3.8) is 0 Å². The van der Waals surface area contributed by atoms with Crippen LogP contribution in [0.3, 0.4) is 0 Å². The molecule has 2 aromatic rings. The molecule has 0 spiro atoms. The van der Waals surface area contributed by atoms with Gasteiger partial charge >= 0.3 is 0 Å². The average molecular weight is 270 g/mol. The Balaban J connectivity index is 1.76. The van der Waals surface area contributed by atoms with E-state index in [0.29, 0.717) is 6.04 Å². The van der Waals surface area contributed by atoms with Crippen molar-refractivity contribution in [2.45, 2.75) is 26.8 Å². The molecule has 2 rings (SSSR count). The lowest BCUT2D eigenvalue weighted by Gasteiger charge is -2.12. The van der Waals surface area contributed by atoms with E-state index in [1.165, 1.54) is 16.7 Å². The van der Waals surface area contributed by atoms with E-state index in [1.807, 2.05) is 0 Å². The topological polar surface area (TPSA) is 25.8 Å². The number of aryl methyl sites for hydroxylation is 2. The van der Waals surface area contributed by atoms with Crippen molar-refractivity contribution in [3.8, 4) is 5.75 Å². The first kappa shape index (κ1) is 14.6. The zero-order valence-electron chi connectivity index (χ0n) is 12.6. The van der Waals surface area contributed by atoms with Crippen molar-refractivity contribution in [2.24, 2.45) is 0 Å². The van der Waals surface area contributed by atoms with Gasteiger partial charge in [-0.3, -0.25) is 0 Å². The van der Waals surface area contributed by atoms with E-state index in [9.17, 15) is 0 Å². The first-order valence-electron chi connectivity index (χ1n) is 7.25. The molecule has 0 amide bonds. The van der Waals surface area contributed by atoms with Crippen LogP contribution in [-0.2, 0) is 0 Å². The molecule has 2 aromatic carbocycles. The van der Waals surface area contributed by atoms with Gasteiger partial charge in [0.15, 0.2) is 0 Å². The molecule has 0 aliphatic heterocycles. The fraction of sp³-hybridized carbons (Fsp3) is 0.333. The highest BCUT2D eigenvalue weighted by Crippen LogP contribution is 2.18. The maximum Gasteiger partial charge on any atom is 0.137 e. The predicted molar refractivity (Wildman–Crippen MR) is 83.1 cm³/mol. The average Bonchev–Trinajstić information content (AvgIpc) is 2.46. The second-order valence-electron chi connectivity index (χ2n) is 5.34. The van der Waals surface area contributed by atoms with Crippen molar-refractivity contribution < 1.29 is 10.1 Å². The zero-order chi connectivity index (χ0) is 14.4. The molecule has 0 aliphatic carbocycles. The Labute approximate surface area is 121 Å². The van der Waals surface area contributed by atoms with E-state index in [0.717, 1.165) is 18.9 Å². The Morgan fingerprint density at radius 2 is 1.80 bits per heavy atom.